The van der Waals surface area contributed by atoms with Crippen molar-refractivity contribution in [3.05, 3.63) is 46.2 Å². The maximum atomic E-state index is 13.8. The maximum absolute atomic E-state index is 13.8. The van der Waals surface area contributed by atoms with Crippen LogP contribution in [-0.4, -0.2) is 55.6 Å². The van der Waals surface area contributed by atoms with Crippen LogP contribution in [0.1, 0.15) is 30.5 Å². The molecule has 1 heterocycles. The third kappa shape index (κ3) is 8.06. The molecule has 0 radical (unpaired) electrons. The van der Waals surface area contributed by atoms with Crippen LogP contribution < -0.4 is 26.4 Å². The summed E-state index contributed by atoms with van der Waals surface area (Å²) >= 11 is 1.47. The highest BCUT2D eigenvalue weighted by Crippen LogP contribution is 2.32. The van der Waals surface area contributed by atoms with Crippen LogP contribution in [0.5, 0.6) is 5.75 Å². The molecule has 180 valence electrons. The maximum Gasteiger partial charge on any atom is 0.237 e. The molecule has 1 aromatic carbocycles. The van der Waals surface area contributed by atoms with Crippen molar-refractivity contribution in [2.24, 2.45) is 11.7 Å². The van der Waals surface area contributed by atoms with Crippen LogP contribution in [-0.2, 0) is 22.4 Å². The van der Waals surface area contributed by atoms with Crippen molar-refractivity contribution < 1.29 is 18.7 Å². The Bertz CT molecular complexity index is 908. The van der Waals surface area contributed by atoms with Gasteiger partial charge in [0.1, 0.15) is 18.2 Å². The number of amides is 2. The van der Waals surface area contributed by atoms with Crippen molar-refractivity contribution in [1.82, 2.24) is 20.9 Å². The SMILES string of the molecule is CNC(=O)[C@@H](NCCOc1cc(F)ccc1CCCNC(=O)[C@H](N)Cc1cscn1)C1CC1. The average molecular weight is 478 g/mol. The second kappa shape index (κ2) is 12.6. The third-order valence-electron chi connectivity index (χ3n) is 5.55. The van der Waals surface area contributed by atoms with Gasteiger partial charge in [-0.1, -0.05) is 6.07 Å². The smallest absolute Gasteiger partial charge is 0.237 e. The van der Waals surface area contributed by atoms with Crippen LogP contribution in [0.3, 0.4) is 0 Å². The lowest BCUT2D eigenvalue weighted by Crippen LogP contribution is -2.45. The number of halogens is 1. The second-order valence-corrected chi connectivity index (χ2v) is 8.89. The van der Waals surface area contributed by atoms with Crippen LogP contribution >= 0.6 is 11.3 Å². The van der Waals surface area contributed by atoms with Gasteiger partial charge in [0.15, 0.2) is 0 Å². The summed E-state index contributed by atoms with van der Waals surface area (Å²) in [5.74, 6) is 0.248. The minimum absolute atomic E-state index is 0.0164. The molecule has 8 nitrogen and oxygen atoms in total. The first-order valence-electron chi connectivity index (χ1n) is 11.2. The fraction of sp³-hybridized carbons (Fsp3) is 0.522. The van der Waals surface area contributed by atoms with Gasteiger partial charge in [-0.25, -0.2) is 9.37 Å². The highest BCUT2D eigenvalue weighted by atomic mass is 32.1. The van der Waals surface area contributed by atoms with E-state index >= 15 is 0 Å². The van der Waals surface area contributed by atoms with Crippen LogP contribution in [0.4, 0.5) is 4.39 Å². The lowest BCUT2D eigenvalue weighted by Gasteiger charge is -2.17. The number of aromatic nitrogens is 1. The zero-order chi connectivity index (χ0) is 23.6. The Morgan fingerprint density at radius 2 is 2.12 bits per heavy atom. The molecule has 0 spiro atoms. The molecular formula is C23H32FN5O3S. The van der Waals surface area contributed by atoms with E-state index in [2.05, 4.69) is 20.9 Å². The molecule has 2 atom stereocenters. The molecule has 0 aliphatic heterocycles. The highest BCUT2D eigenvalue weighted by Gasteiger charge is 2.35. The largest absolute Gasteiger partial charge is 0.492 e. The van der Waals surface area contributed by atoms with Gasteiger partial charge < -0.3 is 26.4 Å². The molecule has 1 fully saturated rings. The number of hydrogen-bond donors (Lipinski definition) is 4. The molecule has 3 rings (SSSR count). The Hall–Kier alpha value is -2.56. The van der Waals surface area contributed by atoms with Gasteiger partial charge in [0, 0.05) is 38.0 Å². The summed E-state index contributed by atoms with van der Waals surface area (Å²) in [5.41, 5.74) is 9.33. The van der Waals surface area contributed by atoms with Gasteiger partial charge in [0.2, 0.25) is 11.8 Å². The van der Waals surface area contributed by atoms with E-state index in [9.17, 15) is 14.0 Å². The number of carbonyl (C=O) groups is 2. The van der Waals surface area contributed by atoms with Crippen molar-refractivity contribution in [3.63, 3.8) is 0 Å². The van der Waals surface area contributed by atoms with Gasteiger partial charge in [-0.15, -0.1) is 11.3 Å². The number of thiazole rings is 1. The standard InChI is InChI=1S/C23H32FN5O3S/c1-26-23(31)21(16-4-5-16)27-9-10-32-20-11-17(24)7-6-15(20)3-2-8-28-22(30)19(25)12-18-13-33-14-29-18/h6-7,11,13-14,16,19,21,27H,2-5,8-10,12,25H2,1H3,(H,26,31)(H,28,30)/t19-,21+/m1/s1. The molecule has 1 saturated carbocycles. The van der Waals surface area contributed by atoms with Crippen molar-refractivity contribution in [2.45, 2.75) is 44.2 Å². The minimum atomic E-state index is -0.640. The van der Waals surface area contributed by atoms with Gasteiger partial charge >= 0.3 is 0 Å². The van der Waals surface area contributed by atoms with E-state index < -0.39 is 6.04 Å². The van der Waals surface area contributed by atoms with Gasteiger partial charge in [-0.2, -0.15) is 0 Å². The molecule has 33 heavy (non-hydrogen) atoms. The summed E-state index contributed by atoms with van der Waals surface area (Å²) < 4.78 is 19.6. The number of carbonyl (C=O) groups excluding carboxylic acids is 2. The predicted octanol–water partition coefficient (Wildman–Crippen LogP) is 1.39. The molecule has 10 heteroatoms. The van der Waals surface area contributed by atoms with E-state index in [-0.39, 0.29) is 23.7 Å². The molecule has 2 amide bonds. The molecule has 0 bridgehead atoms. The third-order valence-corrected chi connectivity index (χ3v) is 6.18. The number of benzene rings is 1. The second-order valence-electron chi connectivity index (χ2n) is 8.17. The molecule has 0 unspecified atom stereocenters. The van der Waals surface area contributed by atoms with E-state index in [0.29, 0.717) is 50.6 Å². The zero-order valence-corrected chi connectivity index (χ0v) is 19.6. The Balaban J connectivity index is 1.40. The number of ether oxygens (including phenoxy) is 1. The summed E-state index contributed by atoms with van der Waals surface area (Å²) in [6.45, 7) is 1.26. The Kier molecular flexibility index (Phi) is 9.59. The number of nitrogens with two attached hydrogens (primary N) is 1. The topological polar surface area (TPSA) is 118 Å². The first-order valence-corrected chi connectivity index (χ1v) is 12.2. The van der Waals surface area contributed by atoms with Crippen LogP contribution in [0.15, 0.2) is 29.1 Å². The fourth-order valence-electron chi connectivity index (χ4n) is 3.58. The van der Waals surface area contributed by atoms with Crippen LogP contribution in [0.25, 0.3) is 0 Å². The number of nitrogens with one attached hydrogen (secondary N) is 3. The predicted molar refractivity (Wildman–Crippen MR) is 126 cm³/mol. The first kappa shape index (κ1) is 25.1. The van der Waals surface area contributed by atoms with Crippen molar-refractivity contribution in [3.8, 4) is 5.75 Å². The summed E-state index contributed by atoms with van der Waals surface area (Å²) in [6.07, 6.45) is 3.78. The normalized spacial score (nSPS) is 15.0. The number of hydrogen-bond acceptors (Lipinski definition) is 7. The number of rotatable bonds is 14. The molecule has 0 saturated heterocycles. The van der Waals surface area contributed by atoms with Crippen LogP contribution in [0.2, 0.25) is 0 Å². The Morgan fingerprint density at radius 3 is 2.82 bits per heavy atom. The summed E-state index contributed by atoms with van der Waals surface area (Å²) in [7, 11) is 1.63. The van der Waals surface area contributed by atoms with Crippen LogP contribution in [0, 0.1) is 11.7 Å². The van der Waals surface area contributed by atoms with E-state index in [0.717, 1.165) is 24.1 Å². The van der Waals surface area contributed by atoms with E-state index in [1.807, 2.05) is 5.38 Å². The van der Waals surface area contributed by atoms with Crippen molar-refractivity contribution in [2.75, 3.05) is 26.7 Å². The van der Waals surface area contributed by atoms with Gasteiger partial charge in [-0.3, -0.25) is 9.59 Å². The monoisotopic (exact) mass is 477 g/mol. The lowest BCUT2D eigenvalue weighted by atomic mass is 10.1. The quantitative estimate of drug-likeness (QED) is 0.306. The van der Waals surface area contributed by atoms with Gasteiger partial charge in [0.05, 0.1) is 23.3 Å². The van der Waals surface area contributed by atoms with Gasteiger partial charge in [-0.05, 0) is 43.2 Å². The molecule has 1 aromatic heterocycles. The molecule has 1 aliphatic carbocycles. The van der Waals surface area contributed by atoms with Gasteiger partial charge in [0.25, 0.3) is 0 Å². The van der Waals surface area contributed by atoms with E-state index in [1.54, 1.807) is 18.6 Å². The average Bonchev–Trinajstić information content (AvgIpc) is 3.52. The summed E-state index contributed by atoms with van der Waals surface area (Å²) in [6, 6.07) is 3.62. The minimum Gasteiger partial charge on any atom is -0.492 e. The van der Waals surface area contributed by atoms with Crippen molar-refractivity contribution >= 4 is 23.2 Å². The molecule has 5 N–H and O–H groups in total. The number of likely N-dealkylation sites (N-methyl/N-ethyl adjacent to an activating group) is 1. The lowest BCUT2D eigenvalue weighted by molar-refractivity contribution is -0.123. The van der Waals surface area contributed by atoms with Crippen molar-refractivity contribution in [1.29, 1.82) is 0 Å². The Morgan fingerprint density at radius 1 is 1.30 bits per heavy atom. The molecule has 1 aliphatic rings. The highest BCUT2D eigenvalue weighted by molar-refractivity contribution is 7.07. The van der Waals surface area contributed by atoms with E-state index in [1.165, 1.54) is 23.5 Å². The number of nitrogens with zero attached hydrogens (tertiary/aromatic N) is 1. The molecular weight excluding hydrogens is 445 g/mol. The summed E-state index contributed by atoms with van der Waals surface area (Å²) in [5, 5.41) is 10.6. The first-order chi connectivity index (χ1) is 16.0. The fourth-order valence-corrected chi connectivity index (χ4v) is 4.15. The molecule has 2 aromatic rings. The Labute approximate surface area is 197 Å². The summed E-state index contributed by atoms with van der Waals surface area (Å²) in [4.78, 5) is 28.3. The zero-order valence-electron chi connectivity index (χ0n) is 18.8. The van der Waals surface area contributed by atoms with E-state index in [4.69, 9.17) is 10.5 Å². The number of aryl methyl sites for hydroxylation is 1.